The number of aryl methyl sites for hydroxylation is 1. The van der Waals surface area contributed by atoms with Gasteiger partial charge in [-0.3, -0.25) is 9.58 Å². The third kappa shape index (κ3) is 4.78. The van der Waals surface area contributed by atoms with E-state index in [2.05, 4.69) is 38.7 Å². The SMILES string of the molecule is CCOc1ccccc1NC(=S)N1CCN(Cc2cnn(CC)c2C)CC1. The molecule has 0 unspecified atom stereocenters. The van der Waals surface area contributed by atoms with Gasteiger partial charge in [0.25, 0.3) is 0 Å². The Hall–Kier alpha value is -2.12. The molecule has 27 heavy (non-hydrogen) atoms. The molecule has 1 fully saturated rings. The molecule has 1 aromatic heterocycles. The molecular weight excluding hydrogens is 358 g/mol. The molecule has 0 aliphatic carbocycles. The first-order chi connectivity index (χ1) is 13.1. The predicted molar refractivity (Wildman–Crippen MR) is 113 cm³/mol. The van der Waals surface area contributed by atoms with Gasteiger partial charge in [0.05, 0.1) is 18.5 Å². The summed E-state index contributed by atoms with van der Waals surface area (Å²) in [5, 5.41) is 8.56. The van der Waals surface area contributed by atoms with E-state index in [0.29, 0.717) is 6.61 Å². The molecule has 146 valence electrons. The summed E-state index contributed by atoms with van der Waals surface area (Å²) >= 11 is 5.64. The molecule has 1 N–H and O–H groups in total. The Bertz CT molecular complexity index is 767. The second-order valence-electron chi connectivity index (χ2n) is 6.69. The van der Waals surface area contributed by atoms with Gasteiger partial charge in [-0.15, -0.1) is 0 Å². The van der Waals surface area contributed by atoms with Crippen LogP contribution in [0.5, 0.6) is 5.75 Å². The van der Waals surface area contributed by atoms with Crippen molar-refractivity contribution in [1.29, 1.82) is 0 Å². The second-order valence-corrected chi connectivity index (χ2v) is 7.08. The molecule has 2 heterocycles. The first kappa shape index (κ1) is 19.6. The average Bonchev–Trinajstić information content (AvgIpc) is 3.03. The minimum atomic E-state index is 0.637. The van der Waals surface area contributed by atoms with Crippen LogP contribution in [0.15, 0.2) is 30.5 Å². The standard InChI is InChI=1S/C20H29N5OS/c1-4-25-16(3)17(14-21-25)15-23-10-12-24(13-11-23)20(27)22-18-8-6-7-9-19(18)26-5-2/h6-9,14H,4-5,10-13,15H2,1-3H3,(H,22,27). The Morgan fingerprint density at radius 1 is 1.19 bits per heavy atom. The summed E-state index contributed by atoms with van der Waals surface area (Å²) in [5.74, 6) is 0.837. The van der Waals surface area contributed by atoms with Crippen LogP contribution in [0.3, 0.4) is 0 Å². The van der Waals surface area contributed by atoms with Crippen LogP contribution in [-0.2, 0) is 13.1 Å². The largest absolute Gasteiger partial charge is 0.492 e. The third-order valence-electron chi connectivity index (χ3n) is 4.99. The van der Waals surface area contributed by atoms with Crippen LogP contribution in [0.2, 0.25) is 0 Å². The van der Waals surface area contributed by atoms with E-state index in [0.717, 1.165) is 55.8 Å². The van der Waals surface area contributed by atoms with E-state index in [1.54, 1.807) is 0 Å². The lowest BCUT2D eigenvalue weighted by molar-refractivity contribution is 0.176. The van der Waals surface area contributed by atoms with Gasteiger partial charge in [-0.2, -0.15) is 5.10 Å². The quantitative estimate of drug-likeness (QED) is 0.769. The number of piperazine rings is 1. The molecule has 0 atom stereocenters. The lowest BCUT2D eigenvalue weighted by atomic mass is 10.2. The van der Waals surface area contributed by atoms with Crippen LogP contribution in [0.1, 0.15) is 25.1 Å². The van der Waals surface area contributed by atoms with Crippen molar-refractivity contribution in [2.24, 2.45) is 0 Å². The number of thiocarbonyl (C=S) groups is 1. The number of hydrogen-bond donors (Lipinski definition) is 1. The van der Waals surface area contributed by atoms with Crippen LogP contribution in [0, 0.1) is 6.92 Å². The first-order valence-corrected chi connectivity index (χ1v) is 10.0. The van der Waals surface area contributed by atoms with Crippen molar-refractivity contribution < 1.29 is 4.74 Å². The number of anilines is 1. The van der Waals surface area contributed by atoms with E-state index in [9.17, 15) is 0 Å². The van der Waals surface area contributed by atoms with E-state index < -0.39 is 0 Å². The summed E-state index contributed by atoms with van der Waals surface area (Å²) in [4.78, 5) is 4.70. The van der Waals surface area contributed by atoms with E-state index in [1.165, 1.54) is 11.3 Å². The van der Waals surface area contributed by atoms with Crippen molar-refractivity contribution >= 4 is 23.0 Å². The lowest BCUT2D eigenvalue weighted by Gasteiger charge is -2.36. The molecule has 0 spiro atoms. The Morgan fingerprint density at radius 3 is 2.59 bits per heavy atom. The number of hydrogen-bond acceptors (Lipinski definition) is 4. The van der Waals surface area contributed by atoms with Gasteiger partial charge in [0, 0.05) is 50.5 Å². The summed E-state index contributed by atoms with van der Waals surface area (Å²) in [6.07, 6.45) is 2.00. The monoisotopic (exact) mass is 387 g/mol. The zero-order chi connectivity index (χ0) is 19.2. The highest BCUT2D eigenvalue weighted by atomic mass is 32.1. The van der Waals surface area contributed by atoms with Crippen LogP contribution in [0.4, 0.5) is 5.69 Å². The molecule has 0 bridgehead atoms. The predicted octanol–water partition coefficient (Wildman–Crippen LogP) is 3.12. The molecule has 1 aliphatic rings. The average molecular weight is 388 g/mol. The minimum Gasteiger partial charge on any atom is -0.492 e. The Morgan fingerprint density at radius 2 is 1.93 bits per heavy atom. The van der Waals surface area contributed by atoms with E-state index in [1.807, 2.05) is 37.4 Å². The van der Waals surface area contributed by atoms with Gasteiger partial charge in [-0.05, 0) is 45.1 Å². The maximum Gasteiger partial charge on any atom is 0.173 e. The molecule has 1 saturated heterocycles. The van der Waals surface area contributed by atoms with Gasteiger partial charge in [0.1, 0.15) is 5.75 Å². The van der Waals surface area contributed by atoms with Gasteiger partial charge in [-0.25, -0.2) is 0 Å². The van der Waals surface area contributed by atoms with Crippen LogP contribution >= 0.6 is 12.2 Å². The molecule has 1 aromatic carbocycles. The van der Waals surface area contributed by atoms with Crippen LogP contribution < -0.4 is 10.1 Å². The molecule has 0 saturated carbocycles. The fourth-order valence-electron chi connectivity index (χ4n) is 3.35. The summed E-state index contributed by atoms with van der Waals surface area (Å²) in [5.41, 5.74) is 3.51. The third-order valence-corrected chi connectivity index (χ3v) is 5.35. The lowest BCUT2D eigenvalue weighted by Crippen LogP contribution is -2.49. The molecular formula is C20H29N5OS. The summed E-state index contributed by atoms with van der Waals surface area (Å²) < 4.78 is 7.73. The fourth-order valence-corrected chi connectivity index (χ4v) is 3.65. The van der Waals surface area contributed by atoms with Crippen molar-refractivity contribution in [1.82, 2.24) is 19.6 Å². The van der Waals surface area contributed by atoms with Crippen molar-refractivity contribution in [3.63, 3.8) is 0 Å². The van der Waals surface area contributed by atoms with Crippen molar-refractivity contribution in [3.8, 4) is 5.75 Å². The highest BCUT2D eigenvalue weighted by molar-refractivity contribution is 7.80. The molecule has 0 radical (unpaired) electrons. The fraction of sp³-hybridized carbons (Fsp3) is 0.500. The smallest absolute Gasteiger partial charge is 0.173 e. The number of aromatic nitrogens is 2. The highest BCUT2D eigenvalue weighted by Gasteiger charge is 2.20. The number of rotatable bonds is 6. The molecule has 1 aliphatic heterocycles. The molecule has 7 heteroatoms. The Balaban J connectivity index is 1.53. The first-order valence-electron chi connectivity index (χ1n) is 9.63. The highest BCUT2D eigenvalue weighted by Crippen LogP contribution is 2.24. The van der Waals surface area contributed by atoms with Crippen molar-refractivity contribution in [2.75, 3.05) is 38.1 Å². The zero-order valence-corrected chi connectivity index (χ0v) is 17.3. The number of benzene rings is 1. The summed E-state index contributed by atoms with van der Waals surface area (Å²) in [6.45, 7) is 12.6. The van der Waals surface area contributed by atoms with Gasteiger partial charge in [0.2, 0.25) is 0 Å². The van der Waals surface area contributed by atoms with Gasteiger partial charge >= 0.3 is 0 Å². The Kier molecular flexibility index (Phi) is 6.68. The number of nitrogens with one attached hydrogen (secondary N) is 1. The van der Waals surface area contributed by atoms with E-state index >= 15 is 0 Å². The van der Waals surface area contributed by atoms with E-state index in [4.69, 9.17) is 17.0 Å². The molecule has 6 nitrogen and oxygen atoms in total. The van der Waals surface area contributed by atoms with Crippen LogP contribution in [-0.4, -0.2) is 57.5 Å². The zero-order valence-electron chi connectivity index (χ0n) is 16.4. The van der Waals surface area contributed by atoms with E-state index in [-0.39, 0.29) is 0 Å². The summed E-state index contributed by atoms with van der Waals surface area (Å²) in [6, 6.07) is 7.93. The maximum atomic E-state index is 5.67. The number of ether oxygens (including phenoxy) is 1. The Labute approximate surface area is 167 Å². The van der Waals surface area contributed by atoms with Gasteiger partial charge < -0.3 is 15.0 Å². The topological polar surface area (TPSA) is 45.6 Å². The minimum absolute atomic E-state index is 0.637. The molecule has 3 rings (SSSR count). The van der Waals surface area contributed by atoms with Gasteiger partial charge in [0.15, 0.2) is 5.11 Å². The molecule has 2 aromatic rings. The van der Waals surface area contributed by atoms with Crippen molar-refractivity contribution in [3.05, 3.63) is 41.7 Å². The number of nitrogens with zero attached hydrogens (tertiary/aromatic N) is 4. The van der Waals surface area contributed by atoms with Crippen molar-refractivity contribution in [2.45, 2.75) is 33.9 Å². The normalized spacial score (nSPS) is 15.0. The van der Waals surface area contributed by atoms with Crippen LogP contribution in [0.25, 0.3) is 0 Å². The molecule has 0 amide bonds. The maximum absolute atomic E-state index is 5.67. The second kappa shape index (κ2) is 9.19. The number of para-hydroxylation sites is 2. The van der Waals surface area contributed by atoms with Gasteiger partial charge in [-0.1, -0.05) is 12.1 Å². The summed E-state index contributed by atoms with van der Waals surface area (Å²) in [7, 11) is 0.